The maximum atomic E-state index is 14.0. The molecule has 2 fully saturated rings. The molecule has 0 radical (unpaired) electrons. The Bertz CT molecular complexity index is 1650. The summed E-state index contributed by atoms with van der Waals surface area (Å²) in [5.41, 5.74) is 1.59. The maximum Gasteiger partial charge on any atom is 0.334 e. The molecule has 2 aliphatic heterocycles. The number of aliphatic hydroxyl groups is 2. The normalized spacial score (nSPS) is 30.8. The lowest BCUT2D eigenvalue weighted by atomic mass is 9.60. The zero-order valence-corrected chi connectivity index (χ0v) is 27.0. The fourth-order valence-corrected chi connectivity index (χ4v) is 8.02. The number of hydrogen-bond donors (Lipinski definition) is 4. The number of carbonyl (C=O) groups is 3. The maximum absolute atomic E-state index is 14.0. The predicted octanol–water partition coefficient (Wildman–Crippen LogP) is 4.53. The summed E-state index contributed by atoms with van der Waals surface area (Å²) in [6.07, 6.45) is 3.46. The highest BCUT2D eigenvalue weighted by molar-refractivity contribution is 5.89. The summed E-state index contributed by atoms with van der Waals surface area (Å²) in [4.78, 5) is 39.1. The van der Waals surface area contributed by atoms with Crippen LogP contribution in [0.2, 0.25) is 0 Å². The van der Waals surface area contributed by atoms with Gasteiger partial charge in [0.25, 0.3) is 0 Å². The smallest absolute Gasteiger partial charge is 0.334 e. The first-order chi connectivity index (χ1) is 22.6. The van der Waals surface area contributed by atoms with Crippen LogP contribution in [0.15, 0.2) is 48.0 Å². The lowest BCUT2D eigenvalue weighted by molar-refractivity contribution is -0.187. The van der Waals surface area contributed by atoms with E-state index in [4.69, 9.17) is 9.47 Å². The van der Waals surface area contributed by atoms with Crippen LogP contribution in [0.25, 0.3) is 0 Å². The molecule has 7 atom stereocenters. The highest BCUT2D eigenvalue weighted by atomic mass is 16.6. The number of phenolic OH excluding ortho intramolecular Hbond substituents is 1. The first-order valence-corrected chi connectivity index (χ1v) is 16.7. The van der Waals surface area contributed by atoms with Crippen LogP contribution in [0.1, 0.15) is 98.5 Å². The van der Waals surface area contributed by atoms with Gasteiger partial charge in [-0.25, -0.2) is 4.79 Å². The van der Waals surface area contributed by atoms with Crippen molar-refractivity contribution in [1.82, 2.24) is 5.32 Å². The summed E-state index contributed by atoms with van der Waals surface area (Å²) < 4.78 is 11.8. The van der Waals surface area contributed by atoms with E-state index in [0.29, 0.717) is 60.9 Å². The molecule has 2 aliphatic carbocycles. The molecule has 2 heterocycles. The van der Waals surface area contributed by atoms with Gasteiger partial charge in [0.2, 0.25) is 0 Å². The number of cyclic esters (lactones) is 1. The molecule has 2 aromatic rings. The highest BCUT2D eigenvalue weighted by Gasteiger charge is 2.52. The molecule has 47 heavy (non-hydrogen) atoms. The van der Waals surface area contributed by atoms with E-state index in [0.717, 1.165) is 12.0 Å². The minimum atomic E-state index is -1.40. The van der Waals surface area contributed by atoms with Crippen LogP contribution in [0.5, 0.6) is 11.5 Å². The number of esters is 2. The monoisotopic (exact) mass is 641 g/mol. The Labute approximate surface area is 275 Å². The largest absolute Gasteiger partial charge is 0.508 e. The Kier molecular flexibility index (Phi) is 9.56. The molecular weight excluding hydrogens is 598 g/mol. The van der Waals surface area contributed by atoms with Gasteiger partial charge in [-0.3, -0.25) is 9.59 Å². The van der Waals surface area contributed by atoms with Gasteiger partial charge in [0.15, 0.2) is 0 Å². The number of likely N-dealkylation sites (N-methyl/N-ethyl adjacent to an activating group) is 1. The third-order valence-electron chi connectivity index (χ3n) is 10.5. The van der Waals surface area contributed by atoms with Gasteiger partial charge in [0.05, 0.1) is 18.4 Å². The molecule has 0 amide bonds. The van der Waals surface area contributed by atoms with E-state index >= 15 is 0 Å². The molecule has 4 N–H and O–H groups in total. The van der Waals surface area contributed by atoms with Gasteiger partial charge < -0.3 is 30.1 Å². The van der Waals surface area contributed by atoms with E-state index in [1.807, 2.05) is 24.3 Å². The topological polar surface area (TPSA) is 142 Å². The number of Topliss-reactive ketones (excluding diaryl/α,β-unsaturated/α-hetero) is 1. The molecule has 2 saturated carbocycles. The summed E-state index contributed by atoms with van der Waals surface area (Å²) in [6.45, 7) is 2.13. The summed E-state index contributed by atoms with van der Waals surface area (Å²) >= 11 is 0. The number of fused-ring (bicyclic) bond motifs is 2. The zero-order chi connectivity index (χ0) is 33.3. The third kappa shape index (κ3) is 6.73. The van der Waals surface area contributed by atoms with Gasteiger partial charge in [-0.05, 0) is 74.2 Å². The minimum absolute atomic E-state index is 0.00344. The number of ether oxygens (including phenoxy) is 2. The number of hydrogen-bond acceptors (Lipinski definition) is 9. The Balaban J connectivity index is 1.46. The molecule has 9 nitrogen and oxygen atoms in total. The average molecular weight is 642 g/mol. The molecule has 248 valence electrons. The minimum Gasteiger partial charge on any atom is -0.508 e. The Hall–Kier alpha value is -3.97. The summed E-state index contributed by atoms with van der Waals surface area (Å²) in [5, 5.41) is 37.3. The van der Waals surface area contributed by atoms with Crippen molar-refractivity contribution in [2.24, 2.45) is 11.8 Å². The number of rotatable bonds is 5. The molecule has 0 unspecified atom stereocenters. The van der Waals surface area contributed by atoms with Crippen LogP contribution in [0, 0.1) is 23.7 Å². The van der Waals surface area contributed by atoms with Crippen molar-refractivity contribution < 1.29 is 39.2 Å². The third-order valence-corrected chi connectivity index (χ3v) is 10.5. The average Bonchev–Trinajstić information content (AvgIpc) is 3.05. The van der Waals surface area contributed by atoms with E-state index < -0.39 is 41.6 Å². The molecular formula is C38H43NO8. The van der Waals surface area contributed by atoms with Gasteiger partial charge in [0.1, 0.15) is 29.0 Å². The van der Waals surface area contributed by atoms with Gasteiger partial charge in [-0.1, -0.05) is 48.6 Å². The first kappa shape index (κ1) is 33.0. The van der Waals surface area contributed by atoms with E-state index in [1.54, 1.807) is 26.1 Å². The predicted molar refractivity (Wildman–Crippen MR) is 174 cm³/mol. The second kappa shape index (κ2) is 13.6. The van der Waals surface area contributed by atoms with Gasteiger partial charge in [-0.2, -0.15) is 0 Å². The van der Waals surface area contributed by atoms with Crippen LogP contribution in [0.4, 0.5) is 0 Å². The number of benzene rings is 2. The molecule has 2 aromatic carbocycles. The van der Waals surface area contributed by atoms with Gasteiger partial charge in [-0.15, -0.1) is 0 Å². The Morgan fingerprint density at radius 2 is 1.87 bits per heavy atom. The highest BCUT2D eigenvalue weighted by Crippen LogP contribution is 2.49. The van der Waals surface area contributed by atoms with Crippen molar-refractivity contribution in [3.63, 3.8) is 0 Å². The second-order valence-corrected chi connectivity index (χ2v) is 13.5. The number of carbonyl (C=O) groups excluding carboxylic acids is 3. The van der Waals surface area contributed by atoms with Crippen molar-refractivity contribution in [2.45, 2.75) is 94.4 Å². The van der Waals surface area contributed by atoms with Crippen molar-refractivity contribution in [2.75, 3.05) is 13.6 Å². The number of phenols is 1. The fourth-order valence-electron chi connectivity index (χ4n) is 8.02. The number of ketones is 1. The summed E-state index contributed by atoms with van der Waals surface area (Å²) in [5.74, 6) is 4.66. The first-order valence-electron chi connectivity index (χ1n) is 16.7. The lowest BCUT2D eigenvalue weighted by Gasteiger charge is -2.50. The molecule has 0 aromatic heterocycles. The fraction of sp³-hybridized carbons (Fsp3) is 0.500. The molecule has 6 rings (SSSR count). The van der Waals surface area contributed by atoms with Crippen LogP contribution in [0.3, 0.4) is 0 Å². The van der Waals surface area contributed by atoms with Crippen LogP contribution < -0.4 is 10.1 Å². The number of nitrogens with one attached hydrogen (secondary N) is 1. The van der Waals surface area contributed by atoms with Crippen LogP contribution in [-0.4, -0.2) is 58.3 Å². The summed E-state index contributed by atoms with van der Waals surface area (Å²) in [6, 6.07) is 10.6. The van der Waals surface area contributed by atoms with E-state index in [1.165, 1.54) is 6.07 Å². The zero-order valence-electron chi connectivity index (χ0n) is 27.0. The standard InChI is InChI=1S/C38H43NO8/c1-3-22-14-24(23-6-4-7-27(15-23)33(42)21-39-2)9-10-25-19-36(43)46-34-20-32(41)28(17-30(25)34)18-35(47-37(22)44)38(45)13-5-8-26-16-29(40)11-12-31(26)38/h3-4,6-7,15,17,20,24-26,31,33,35,39,41-42,45H,5,8,11-14,16,18-19,21H2,1-2H3/b22-3-/t24-,25-,26-,31+,33-,35+,38-/m0/s1. The van der Waals surface area contributed by atoms with Crippen molar-refractivity contribution >= 4 is 17.7 Å². The molecule has 4 aliphatic rings. The second-order valence-electron chi connectivity index (χ2n) is 13.5. The quantitative estimate of drug-likeness (QED) is 0.160. The number of allylic oxidation sites excluding steroid dienone is 1. The SMILES string of the molecule is C/C=C1/C[C@@H](c2cccc([C@@H](O)CNC)c2)C#C[C@H]2CC(=O)Oc3cc(O)c(cc32)C[C@H]([C@]2(O)CCC[C@H]3CC(=O)CC[C@H]32)OC1=O. The van der Waals surface area contributed by atoms with Gasteiger partial charge >= 0.3 is 11.9 Å². The molecule has 0 saturated heterocycles. The molecule has 2 bridgehead atoms. The van der Waals surface area contributed by atoms with Crippen molar-refractivity contribution in [3.05, 3.63) is 70.3 Å². The van der Waals surface area contributed by atoms with E-state index in [9.17, 15) is 29.7 Å². The van der Waals surface area contributed by atoms with E-state index in [-0.39, 0.29) is 48.4 Å². The number of aromatic hydroxyl groups is 1. The van der Waals surface area contributed by atoms with Crippen molar-refractivity contribution in [1.29, 1.82) is 0 Å². The molecule has 0 spiro atoms. The molecule has 9 heteroatoms. The number of aliphatic hydroxyl groups excluding tert-OH is 1. The van der Waals surface area contributed by atoms with Crippen LogP contribution >= 0.6 is 0 Å². The summed E-state index contributed by atoms with van der Waals surface area (Å²) in [7, 11) is 1.76. The van der Waals surface area contributed by atoms with Gasteiger partial charge in [0, 0.05) is 48.9 Å². The lowest BCUT2D eigenvalue weighted by Crippen LogP contribution is -2.57. The van der Waals surface area contributed by atoms with E-state index in [2.05, 4.69) is 17.2 Å². The van der Waals surface area contributed by atoms with Crippen LogP contribution in [-0.2, 0) is 25.5 Å². The Morgan fingerprint density at radius 3 is 2.66 bits per heavy atom. The van der Waals surface area contributed by atoms with Crippen molar-refractivity contribution in [3.8, 4) is 23.3 Å². The Morgan fingerprint density at radius 1 is 1.06 bits per heavy atom.